The highest BCUT2D eigenvalue weighted by atomic mass is 16.1. The van der Waals surface area contributed by atoms with Gasteiger partial charge >= 0.3 is 0 Å². The molecule has 0 spiro atoms. The molecule has 0 amide bonds. The Morgan fingerprint density at radius 2 is 1.83 bits per heavy atom. The first-order valence-electron chi connectivity index (χ1n) is 4.16. The summed E-state index contributed by atoms with van der Waals surface area (Å²) in [6, 6.07) is 0. The Morgan fingerprint density at radius 3 is 2.17 bits per heavy atom. The molecule has 0 rings (SSSR count). The molecule has 0 atom stereocenters. The summed E-state index contributed by atoms with van der Waals surface area (Å²) in [5, 5.41) is 0. The summed E-state index contributed by atoms with van der Waals surface area (Å²) in [6.45, 7) is 9.62. The maximum absolute atomic E-state index is 9.92. The van der Waals surface area contributed by atoms with E-state index in [0.29, 0.717) is 5.57 Å². The van der Waals surface area contributed by atoms with Crippen LogP contribution in [0.5, 0.6) is 0 Å². The predicted octanol–water partition coefficient (Wildman–Crippen LogP) is 3.29. The minimum absolute atomic E-state index is 0.494. The third-order valence-electron chi connectivity index (χ3n) is 0.765. The summed E-state index contributed by atoms with van der Waals surface area (Å²) in [5.41, 5.74) is 0.494. The molecular weight excluding hydrogens is 148 g/mol. The van der Waals surface area contributed by atoms with E-state index in [2.05, 4.69) is 20.4 Å². The molecule has 0 fully saturated rings. The van der Waals surface area contributed by atoms with Gasteiger partial charge in [-0.1, -0.05) is 51.2 Å². The van der Waals surface area contributed by atoms with Gasteiger partial charge in [0, 0.05) is 5.57 Å². The number of hydrogen-bond acceptors (Lipinski definition) is 1. The van der Waals surface area contributed by atoms with Crippen molar-refractivity contribution in [2.45, 2.75) is 27.2 Å². The molecule has 0 saturated carbocycles. The highest BCUT2D eigenvalue weighted by Crippen LogP contribution is 1.86. The van der Waals surface area contributed by atoms with Crippen LogP contribution in [-0.2, 0) is 4.79 Å². The molecular formula is C11H18O. The van der Waals surface area contributed by atoms with Crippen LogP contribution in [0.4, 0.5) is 0 Å². The van der Waals surface area contributed by atoms with Crippen molar-refractivity contribution in [2.75, 3.05) is 0 Å². The van der Waals surface area contributed by atoms with Crippen LogP contribution in [-0.4, -0.2) is 6.29 Å². The Morgan fingerprint density at radius 1 is 1.33 bits per heavy atom. The van der Waals surface area contributed by atoms with E-state index in [0.717, 1.165) is 6.29 Å². The van der Waals surface area contributed by atoms with Gasteiger partial charge < -0.3 is 0 Å². The summed E-state index contributed by atoms with van der Waals surface area (Å²) in [4.78, 5) is 9.92. The first-order chi connectivity index (χ1) is 5.72. The molecule has 0 bridgehead atoms. The van der Waals surface area contributed by atoms with Gasteiger partial charge in [-0.2, -0.15) is 0 Å². The van der Waals surface area contributed by atoms with Gasteiger partial charge in [0.1, 0.15) is 6.29 Å². The molecule has 0 aliphatic heterocycles. The van der Waals surface area contributed by atoms with Gasteiger partial charge in [0.2, 0.25) is 0 Å². The van der Waals surface area contributed by atoms with Gasteiger partial charge in [0.25, 0.3) is 0 Å². The standard InChI is InChI=1S/C8H10O.C3H8/c1-3-4-5-6-8(2)7-9;1-3-2/h3-7H,2H2,1H3;3H2,1-2H3/b4-3-,6-5-;. The molecule has 0 unspecified atom stereocenters. The molecule has 0 aliphatic carbocycles. The van der Waals surface area contributed by atoms with E-state index in [1.54, 1.807) is 12.2 Å². The number of aldehydes is 1. The lowest BCUT2D eigenvalue weighted by Crippen LogP contribution is -1.71. The van der Waals surface area contributed by atoms with Crippen LogP contribution in [0.25, 0.3) is 0 Å². The molecule has 0 aromatic carbocycles. The minimum atomic E-state index is 0.494. The molecule has 0 N–H and O–H groups in total. The fraction of sp³-hybridized carbons (Fsp3) is 0.364. The first kappa shape index (κ1) is 13.5. The number of allylic oxidation sites excluding steroid dienone is 5. The van der Waals surface area contributed by atoms with E-state index >= 15 is 0 Å². The van der Waals surface area contributed by atoms with Crippen molar-refractivity contribution in [1.29, 1.82) is 0 Å². The predicted molar refractivity (Wildman–Crippen MR) is 55.1 cm³/mol. The Hall–Kier alpha value is -1.11. The smallest absolute Gasteiger partial charge is 0.149 e. The van der Waals surface area contributed by atoms with Gasteiger partial charge in [0.05, 0.1) is 0 Å². The van der Waals surface area contributed by atoms with E-state index < -0.39 is 0 Å². The average molecular weight is 166 g/mol. The zero-order valence-electron chi connectivity index (χ0n) is 8.21. The largest absolute Gasteiger partial charge is 0.298 e. The van der Waals surface area contributed by atoms with Crippen molar-refractivity contribution >= 4 is 6.29 Å². The van der Waals surface area contributed by atoms with Gasteiger partial charge in [-0.15, -0.1) is 0 Å². The quantitative estimate of drug-likeness (QED) is 0.357. The lowest BCUT2D eigenvalue weighted by Gasteiger charge is -1.77. The zero-order chi connectivity index (χ0) is 9.82. The molecule has 1 heteroatoms. The van der Waals surface area contributed by atoms with Crippen molar-refractivity contribution in [3.05, 3.63) is 36.5 Å². The average Bonchev–Trinajstić information content (AvgIpc) is 2.06. The number of carbonyl (C=O) groups excluding carboxylic acids is 1. The highest BCUT2D eigenvalue weighted by Gasteiger charge is 1.76. The van der Waals surface area contributed by atoms with Gasteiger partial charge in [-0.3, -0.25) is 4.79 Å². The number of rotatable bonds is 3. The fourth-order valence-corrected chi connectivity index (χ4v) is 0.330. The second-order valence-corrected chi connectivity index (χ2v) is 2.28. The van der Waals surface area contributed by atoms with Crippen molar-refractivity contribution < 1.29 is 4.79 Å². The zero-order valence-corrected chi connectivity index (χ0v) is 8.21. The van der Waals surface area contributed by atoms with Crippen molar-refractivity contribution in [2.24, 2.45) is 0 Å². The summed E-state index contributed by atoms with van der Waals surface area (Å²) < 4.78 is 0. The highest BCUT2D eigenvalue weighted by molar-refractivity contribution is 5.76. The Labute approximate surface area is 75.5 Å². The van der Waals surface area contributed by atoms with Gasteiger partial charge in [0.15, 0.2) is 0 Å². The minimum Gasteiger partial charge on any atom is -0.298 e. The molecule has 1 nitrogen and oxygen atoms in total. The molecule has 0 aliphatic rings. The van der Waals surface area contributed by atoms with Crippen LogP contribution in [0.3, 0.4) is 0 Å². The topological polar surface area (TPSA) is 17.1 Å². The van der Waals surface area contributed by atoms with Crippen molar-refractivity contribution in [3.63, 3.8) is 0 Å². The van der Waals surface area contributed by atoms with E-state index in [1.165, 1.54) is 6.42 Å². The Bertz CT molecular complexity index is 164. The molecule has 0 heterocycles. The number of carbonyl (C=O) groups is 1. The normalized spacial score (nSPS) is 9.58. The van der Waals surface area contributed by atoms with Crippen LogP contribution in [0.1, 0.15) is 27.2 Å². The molecule has 68 valence electrons. The summed E-state index contributed by atoms with van der Waals surface area (Å²) in [7, 11) is 0. The second-order valence-electron chi connectivity index (χ2n) is 2.28. The maximum atomic E-state index is 9.92. The van der Waals surface area contributed by atoms with E-state index in [4.69, 9.17) is 0 Å². The summed E-state index contributed by atoms with van der Waals surface area (Å²) >= 11 is 0. The van der Waals surface area contributed by atoms with Crippen LogP contribution in [0.15, 0.2) is 36.5 Å². The van der Waals surface area contributed by atoms with Crippen molar-refractivity contribution in [3.8, 4) is 0 Å². The van der Waals surface area contributed by atoms with E-state index in [1.807, 2.05) is 19.1 Å². The monoisotopic (exact) mass is 166 g/mol. The maximum Gasteiger partial charge on any atom is 0.149 e. The lowest BCUT2D eigenvalue weighted by molar-refractivity contribution is -0.104. The van der Waals surface area contributed by atoms with Crippen LogP contribution in [0.2, 0.25) is 0 Å². The van der Waals surface area contributed by atoms with E-state index in [-0.39, 0.29) is 0 Å². The van der Waals surface area contributed by atoms with Crippen LogP contribution < -0.4 is 0 Å². The van der Waals surface area contributed by atoms with Crippen LogP contribution in [0, 0.1) is 0 Å². The summed E-state index contributed by atoms with van der Waals surface area (Å²) in [6.07, 6.45) is 9.13. The fourth-order valence-electron chi connectivity index (χ4n) is 0.330. The molecule has 12 heavy (non-hydrogen) atoms. The third kappa shape index (κ3) is 16.0. The van der Waals surface area contributed by atoms with Crippen LogP contribution >= 0.6 is 0 Å². The Kier molecular flexibility index (Phi) is 14.1. The van der Waals surface area contributed by atoms with Gasteiger partial charge in [-0.25, -0.2) is 0 Å². The molecule has 0 aromatic rings. The molecule has 0 saturated heterocycles. The number of hydrogen-bond donors (Lipinski definition) is 0. The summed E-state index contributed by atoms with van der Waals surface area (Å²) in [5.74, 6) is 0. The first-order valence-corrected chi connectivity index (χ1v) is 4.16. The van der Waals surface area contributed by atoms with Gasteiger partial charge in [-0.05, 0) is 6.92 Å². The molecule has 0 radical (unpaired) electrons. The third-order valence-corrected chi connectivity index (χ3v) is 0.765. The SMILES string of the molecule is C=C(C=O)/C=C\C=C/C.CCC. The van der Waals surface area contributed by atoms with E-state index in [9.17, 15) is 4.79 Å². The second kappa shape index (κ2) is 12.6. The lowest BCUT2D eigenvalue weighted by atomic mass is 10.3. The Balaban J connectivity index is 0. The molecule has 0 aromatic heterocycles. The van der Waals surface area contributed by atoms with Crippen molar-refractivity contribution in [1.82, 2.24) is 0 Å².